The van der Waals surface area contributed by atoms with E-state index in [1.165, 1.54) is 12.7 Å². The second-order valence-corrected chi connectivity index (χ2v) is 9.12. The van der Waals surface area contributed by atoms with Crippen molar-refractivity contribution in [2.75, 3.05) is 32.2 Å². The average molecular weight is 423 g/mol. The summed E-state index contributed by atoms with van der Waals surface area (Å²) in [6.45, 7) is 3.69. The Labute approximate surface area is 167 Å². The molecule has 3 aromatic rings. The van der Waals surface area contributed by atoms with Crippen LogP contribution in [0, 0.1) is 5.82 Å². The smallest absolute Gasteiger partial charge is 0.320 e. The van der Waals surface area contributed by atoms with Crippen molar-refractivity contribution in [3.63, 3.8) is 0 Å². The lowest BCUT2D eigenvalue weighted by Gasteiger charge is -2.14. The van der Waals surface area contributed by atoms with E-state index in [-0.39, 0.29) is 37.7 Å². The number of aromatic nitrogens is 4. The molecule has 1 aromatic carbocycles. The monoisotopic (exact) mass is 423 g/mol. The number of nitrogens with zero attached hydrogens (tertiary/aromatic N) is 4. The van der Waals surface area contributed by atoms with Crippen LogP contribution in [0.1, 0.15) is 18.1 Å². The van der Waals surface area contributed by atoms with Crippen LogP contribution in [0.4, 0.5) is 10.2 Å². The fourth-order valence-electron chi connectivity index (χ4n) is 2.92. The third kappa shape index (κ3) is 5.09. The average Bonchev–Trinajstić information content (AvgIpc) is 3.06. The van der Waals surface area contributed by atoms with Crippen molar-refractivity contribution >= 4 is 24.2 Å². The topological polar surface area (TPSA) is 125 Å². The highest BCUT2D eigenvalue weighted by molar-refractivity contribution is 7.57. The lowest BCUT2D eigenvalue weighted by molar-refractivity contribution is 0.192. The summed E-state index contributed by atoms with van der Waals surface area (Å²) < 4.78 is 38.7. The summed E-state index contributed by atoms with van der Waals surface area (Å²) in [5.41, 5.74) is 7.45. The molecule has 11 heteroatoms. The highest BCUT2D eigenvalue weighted by Gasteiger charge is 2.19. The molecule has 0 saturated heterocycles. The Morgan fingerprint density at radius 2 is 2.14 bits per heavy atom. The molecule has 0 amide bonds. The molecule has 29 heavy (non-hydrogen) atoms. The van der Waals surface area contributed by atoms with Gasteiger partial charge in [-0.3, -0.25) is 4.57 Å². The van der Waals surface area contributed by atoms with E-state index in [1.54, 1.807) is 29.9 Å². The minimum atomic E-state index is -2.93. The number of hydrogen-bond acceptors (Lipinski definition) is 8. The van der Waals surface area contributed by atoms with Gasteiger partial charge >= 0.3 is 6.01 Å². The summed E-state index contributed by atoms with van der Waals surface area (Å²) in [6.07, 6.45) is 1.55. The van der Waals surface area contributed by atoms with Gasteiger partial charge in [-0.1, -0.05) is 12.1 Å². The maximum absolute atomic E-state index is 14.2. The van der Waals surface area contributed by atoms with Crippen molar-refractivity contribution in [3.05, 3.63) is 41.3 Å². The van der Waals surface area contributed by atoms with Gasteiger partial charge in [0.2, 0.25) is 7.37 Å². The van der Waals surface area contributed by atoms with Crippen molar-refractivity contribution < 1.29 is 23.3 Å². The molecular formula is C18H23FN5O4P. The van der Waals surface area contributed by atoms with Crippen LogP contribution in [0.15, 0.2) is 24.4 Å². The van der Waals surface area contributed by atoms with Gasteiger partial charge in [0.05, 0.1) is 37.5 Å². The van der Waals surface area contributed by atoms with Gasteiger partial charge in [-0.05, 0) is 24.1 Å². The molecule has 1 atom stereocenters. The number of anilines is 1. The van der Waals surface area contributed by atoms with Crippen LogP contribution in [0.3, 0.4) is 0 Å². The summed E-state index contributed by atoms with van der Waals surface area (Å²) in [4.78, 5) is 8.32. The lowest BCUT2D eigenvalue weighted by atomic mass is 10.1. The fourth-order valence-corrected chi connectivity index (χ4v) is 4.42. The van der Waals surface area contributed by atoms with E-state index in [1.807, 2.05) is 0 Å². The first-order valence-corrected chi connectivity index (χ1v) is 11.3. The number of ether oxygens (including phenoxy) is 1. The highest BCUT2D eigenvalue weighted by Crippen LogP contribution is 2.46. The molecule has 0 radical (unpaired) electrons. The van der Waals surface area contributed by atoms with Gasteiger partial charge in [-0.15, -0.1) is 0 Å². The number of nitrogen functional groups attached to an aromatic ring is 1. The molecule has 3 N–H and O–H groups in total. The van der Waals surface area contributed by atoms with Gasteiger partial charge in [0, 0.05) is 6.66 Å². The molecule has 0 bridgehead atoms. The Hall–Kier alpha value is -2.55. The van der Waals surface area contributed by atoms with Gasteiger partial charge in [0.25, 0.3) is 0 Å². The zero-order valence-electron chi connectivity index (χ0n) is 16.2. The number of aliphatic hydroxyl groups excluding tert-OH is 1. The van der Waals surface area contributed by atoms with Gasteiger partial charge in [-0.25, -0.2) is 9.07 Å². The normalized spacial score (nSPS) is 13.5. The maximum atomic E-state index is 14.2. The Bertz CT molecular complexity index is 1060. The summed E-state index contributed by atoms with van der Waals surface area (Å²) in [5, 5.41) is 13.7. The SMILES string of the molecule is CCOP(C)(=O)Cc1cc(Cn2ncc3c(N)nc(OCCO)nc32)ccc1F. The van der Waals surface area contributed by atoms with E-state index in [9.17, 15) is 8.96 Å². The zero-order chi connectivity index (χ0) is 21.0. The third-order valence-corrected chi connectivity index (χ3v) is 5.85. The minimum Gasteiger partial charge on any atom is -0.461 e. The molecule has 0 aliphatic heterocycles. The summed E-state index contributed by atoms with van der Waals surface area (Å²) in [5.74, 6) is -0.232. The van der Waals surface area contributed by atoms with Crippen LogP contribution in [-0.4, -0.2) is 51.3 Å². The number of hydrogen-bond donors (Lipinski definition) is 2. The van der Waals surface area contributed by atoms with Crippen LogP contribution in [-0.2, 0) is 21.8 Å². The van der Waals surface area contributed by atoms with E-state index in [0.717, 1.165) is 5.56 Å². The Morgan fingerprint density at radius 3 is 2.86 bits per heavy atom. The maximum Gasteiger partial charge on any atom is 0.320 e. The Morgan fingerprint density at radius 1 is 1.34 bits per heavy atom. The van der Waals surface area contributed by atoms with Crippen LogP contribution in [0.5, 0.6) is 6.01 Å². The molecular weight excluding hydrogens is 400 g/mol. The highest BCUT2D eigenvalue weighted by atomic mass is 31.2. The molecule has 0 fully saturated rings. The standard InChI is InChI=1S/C18H23FN5O4P/c1-3-28-29(2,26)11-13-8-12(4-5-15(13)19)10-24-17-14(9-21-24)16(20)22-18(23-17)27-7-6-25/h4-5,8-9,25H,3,6-7,10-11H2,1-2H3,(H2,20,22,23). The molecule has 0 aliphatic carbocycles. The van der Waals surface area contributed by atoms with Crippen LogP contribution < -0.4 is 10.5 Å². The molecule has 3 rings (SSSR count). The molecule has 9 nitrogen and oxygen atoms in total. The number of rotatable bonds is 9. The van der Waals surface area contributed by atoms with Crippen LogP contribution >= 0.6 is 7.37 Å². The zero-order valence-corrected chi connectivity index (χ0v) is 17.1. The third-order valence-electron chi connectivity index (χ3n) is 4.13. The van der Waals surface area contributed by atoms with E-state index in [4.69, 9.17) is 20.1 Å². The molecule has 1 unspecified atom stereocenters. The van der Waals surface area contributed by atoms with E-state index in [2.05, 4.69) is 15.1 Å². The minimum absolute atomic E-state index is 0.00857. The summed E-state index contributed by atoms with van der Waals surface area (Å²) in [7, 11) is -2.93. The van der Waals surface area contributed by atoms with Crippen LogP contribution in [0.2, 0.25) is 0 Å². The second-order valence-electron chi connectivity index (χ2n) is 6.52. The fraction of sp³-hybridized carbons (Fsp3) is 0.389. The first kappa shape index (κ1) is 21.2. The number of aliphatic hydroxyl groups is 1. The largest absolute Gasteiger partial charge is 0.461 e. The van der Waals surface area contributed by atoms with Crippen LogP contribution in [0.25, 0.3) is 11.0 Å². The second kappa shape index (κ2) is 8.86. The van der Waals surface area contributed by atoms with E-state index >= 15 is 0 Å². The molecule has 0 aliphatic rings. The number of nitrogens with two attached hydrogens (primary N) is 1. The predicted molar refractivity (Wildman–Crippen MR) is 107 cm³/mol. The number of benzene rings is 1. The number of fused-ring (bicyclic) bond motifs is 1. The Kier molecular flexibility index (Phi) is 6.46. The Balaban J connectivity index is 1.90. The predicted octanol–water partition coefficient (Wildman–Crippen LogP) is 2.41. The van der Waals surface area contributed by atoms with Crippen molar-refractivity contribution in [1.29, 1.82) is 0 Å². The molecule has 2 heterocycles. The van der Waals surface area contributed by atoms with Crippen molar-refractivity contribution in [1.82, 2.24) is 19.7 Å². The van der Waals surface area contributed by atoms with E-state index in [0.29, 0.717) is 23.2 Å². The van der Waals surface area contributed by atoms with Crippen molar-refractivity contribution in [3.8, 4) is 6.01 Å². The molecule has 0 saturated carbocycles. The number of halogens is 1. The molecule has 156 valence electrons. The van der Waals surface area contributed by atoms with Gasteiger partial charge in [0.1, 0.15) is 18.2 Å². The summed E-state index contributed by atoms with van der Waals surface area (Å²) in [6, 6.07) is 4.64. The van der Waals surface area contributed by atoms with Crippen molar-refractivity contribution in [2.45, 2.75) is 19.6 Å². The van der Waals surface area contributed by atoms with Gasteiger partial charge in [0.15, 0.2) is 5.65 Å². The summed E-state index contributed by atoms with van der Waals surface area (Å²) >= 11 is 0. The lowest BCUT2D eigenvalue weighted by Crippen LogP contribution is -2.08. The van der Waals surface area contributed by atoms with E-state index < -0.39 is 13.2 Å². The molecule has 2 aromatic heterocycles. The van der Waals surface area contributed by atoms with Gasteiger partial charge in [-0.2, -0.15) is 15.1 Å². The first-order chi connectivity index (χ1) is 13.8. The van der Waals surface area contributed by atoms with Crippen molar-refractivity contribution in [2.24, 2.45) is 0 Å². The van der Waals surface area contributed by atoms with Gasteiger partial charge < -0.3 is 20.1 Å². The molecule has 0 spiro atoms. The first-order valence-electron chi connectivity index (χ1n) is 9.04. The quantitative estimate of drug-likeness (QED) is 0.503.